The van der Waals surface area contributed by atoms with E-state index in [1.807, 2.05) is 0 Å². The zero-order chi connectivity index (χ0) is 14.3. The van der Waals surface area contributed by atoms with E-state index in [0.29, 0.717) is 0 Å². The highest BCUT2D eigenvalue weighted by Gasteiger charge is 2.06. The number of hydrogen-bond acceptors (Lipinski definition) is 4. The first-order valence-corrected chi connectivity index (χ1v) is 5.37. The number of halogens is 1. The number of carboxylic acids is 2. The summed E-state index contributed by atoms with van der Waals surface area (Å²) >= 11 is 5.43. The third-order valence-electron chi connectivity index (χ3n) is 1.90. The molecule has 0 radical (unpaired) electrons. The quantitative estimate of drug-likeness (QED) is 0.818. The number of carboxylic acid groups (broad SMARTS) is 2. The fraction of sp³-hybridized carbons (Fsp3) is 0. The molecule has 0 aliphatic carbocycles. The van der Waals surface area contributed by atoms with Gasteiger partial charge in [0.1, 0.15) is 5.15 Å². The normalized spacial score (nSPS) is 9.11. The Kier molecular flexibility index (Phi) is 5.43. The summed E-state index contributed by atoms with van der Waals surface area (Å²) in [6.45, 7) is 0. The molecule has 0 saturated heterocycles. The molecule has 2 aromatic rings. The van der Waals surface area contributed by atoms with Crippen molar-refractivity contribution in [3.8, 4) is 0 Å². The van der Waals surface area contributed by atoms with Crippen LogP contribution in [0.25, 0.3) is 0 Å². The molecule has 0 spiro atoms. The van der Waals surface area contributed by atoms with Crippen molar-refractivity contribution in [2.75, 3.05) is 0 Å². The second-order valence-corrected chi connectivity index (χ2v) is 3.55. The van der Waals surface area contributed by atoms with Gasteiger partial charge in [-0.3, -0.25) is 4.98 Å². The number of rotatable bonds is 2. The minimum Gasteiger partial charge on any atom is -0.478 e. The van der Waals surface area contributed by atoms with E-state index in [1.54, 1.807) is 6.07 Å². The molecule has 2 N–H and O–H groups in total. The van der Waals surface area contributed by atoms with Gasteiger partial charge in [-0.2, -0.15) is 0 Å². The summed E-state index contributed by atoms with van der Waals surface area (Å²) < 4.78 is 0. The molecule has 0 unspecified atom stereocenters. The predicted molar refractivity (Wildman–Crippen MR) is 67.4 cm³/mol. The van der Waals surface area contributed by atoms with Gasteiger partial charge in [0.2, 0.25) is 0 Å². The van der Waals surface area contributed by atoms with Crippen LogP contribution in [0.15, 0.2) is 42.9 Å². The monoisotopic (exact) mass is 280 g/mol. The lowest BCUT2D eigenvalue weighted by Gasteiger charge is -1.93. The van der Waals surface area contributed by atoms with E-state index in [0.717, 1.165) is 0 Å². The van der Waals surface area contributed by atoms with E-state index in [2.05, 4.69) is 9.97 Å². The summed E-state index contributed by atoms with van der Waals surface area (Å²) in [6, 6.07) is 6.01. The summed E-state index contributed by atoms with van der Waals surface area (Å²) in [7, 11) is 0. The Labute approximate surface area is 113 Å². The Balaban J connectivity index is 0.000000191. The van der Waals surface area contributed by atoms with Crippen LogP contribution < -0.4 is 0 Å². The van der Waals surface area contributed by atoms with E-state index in [-0.39, 0.29) is 16.3 Å². The van der Waals surface area contributed by atoms with Gasteiger partial charge in [0.05, 0.1) is 11.1 Å². The lowest BCUT2D eigenvalue weighted by Crippen LogP contribution is -1.97. The van der Waals surface area contributed by atoms with Crippen LogP contribution in [0.3, 0.4) is 0 Å². The molecular weight excluding hydrogens is 272 g/mol. The molecule has 2 rings (SSSR count). The molecule has 19 heavy (non-hydrogen) atoms. The number of nitrogens with zero attached hydrogens (tertiary/aromatic N) is 2. The van der Waals surface area contributed by atoms with E-state index >= 15 is 0 Å². The van der Waals surface area contributed by atoms with Crippen LogP contribution in [-0.4, -0.2) is 32.1 Å². The molecule has 7 heteroatoms. The van der Waals surface area contributed by atoms with Crippen molar-refractivity contribution in [1.82, 2.24) is 9.97 Å². The van der Waals surface area contributed by atoms with Crippen molar-refractivity contribution < 1.29 is 19.8 Å². The summed E-state index contributed by atoms with van der Waals surface area (Å²) in [5, 5.41) is 16.8. The van der Waals surface area contributed by atoms with E-state index in [1.165, 1.54) is 36.8 Å². The summed E-state index contributed by atoms with van der Waals surface area (Å²) in [4.78, 5) is 27.7. The fourth-order valence-electron chi connectivity index (χ4n) is 1.03. The van der Waals surface area contributed by atoms with Gasteiger partial charge in [0.15, 0.2) is 0 Å². The van der Waals surface area contributed by atoms with Crippen LogP contribution in [0.5, 0.6) is 0 Å². The molecule has 0 aliphatic heterocycles. The second kappa shape index (κ2) is 7.07. The van der Waals surface area contributed by atoms with Gasteiger partial charge in [-0.1, -0.05) is 11.6 Å². The van der Waals surface area contributed by atoms with Gasteiger partial charge >= 0.3 is 11.9 Å². The molecular formula is C12H9ClN2O4. The maximum Gasteiger partial charge on any atom is 0.338 e. The number of pyridine rings is 2. The lowest BCUT2D eigenvalue weighted by molar-refractivity contribution is 0.0685. The SMILES string of the molecule is O=C(O)c1cccnc1.O=C(O)c1cccnc1Cl. The third kappa shape index (κ3) is 4.72. The Hall–Kier alpha value is -2.47. The summed E-state index contributed by atoms with van der Waals surface area (Å²) in [5.74, 6) is -2.00. The van der Waals surface area contributed by atoms with Crippen LogP contribution in [-0.2, 0) is 0 Å². The van der Waals surface area contributed by atoms with Crippen molar-refractivity contribution in [3.05, 3.63) is 59.1 Å². The zero-order valence-electron chi connectivity index (χ0n) is 9.52. The first kappa shape index (κ1) is 14.6. The molecule has 6 nitrogen and oxygen atoms in total. The Morgan fingerprint density at radius 1 is 1.05 bits per heavy atom. The van der Waals surface area contributed by atoms with Gasteiger partial charge in [-0.05, 0) is 24.3 Å². The third-order valence-corrected chi connectivity index (χ3v) is 2.20. The highest BCUT2D eigenvalue weighted by atomic mass is 35.5. The Morgan fingerprint density at radius 3 is 2.11 bits per heavy atom. The molecule has 0 aliphatic rings. The van der Waals surface area contributed by atoms with Gasteiger partial charge < -0.3 is 10.2 Å². The number of aromatic nitrogens is 2. The Bertz CT molecular complexity index is 575. The Morgan fingerprint density at radius 2 is 1.74 bits per heavy atom. The fourth-order valence-corrected chi connectivity index (χ4v) is 1.24. The minimum absolute atomic E-state index is 0.0231. The largest absolute Gasteiger partial charge is 0.478 e. The molecule has 2 heterocycles. The molecule has 0 saturated carbocycles. The van der Waals surface area contributed by atoms with Crippen molar-refractivity contribution in [2.24, 2.45) is 0 Å². The topological polar surface area (TPSA) is 100 Å². The predicted octanol–water partition coefficient (Wildman–Crippen LogP) is 2.21. The van der Waals surface area contributed by atoms with Crippen molar-refractivity contribution in [2.45, 2.75) is 0 Å². The zero-order valence-corrected chi connectivity index (χ0v) is 10.3. The van der Waals surface area contributed by atoms with Crippen LogP contribution in [0.2, 0.25) is 5.15 Å². The number of carbonyl (C=O) groups is 2. The lowest BCUT2D eigenvalue weighted by atomic mass is 10.3. The molecule has 0 amide bonds. The maximum absolute atomic E-state index is 10.3. The van der Waals surface area contributed by atoms with Gasteiger partial charge in [0, 0.05) is 18.6 Å². The number of aromatic carboxylic acids is 2. The molecule has 98 valence electrons. The van der Waals surface area contributed by atoms with Gasteiger partial charge in [-0.25, -0.2) is 14.6 Å². The van der Waals surface area contributed by atoms with Crippen molar-refractivity contribution >= 4 is 23.5 Å². The summed E-state index contributed by atoms with van der Waals surface area (Å²) in [6.07, 6.45) is 4.28. The average Bonchev–Trinajstić information content (AvgIpc) is 2.40. The molecule has 0 fully saturated rings. The molecule has 0 bridgehead atoms. The van der Waals surface area contributed by atoms with Gasteiger partial charge in [-0.15, -0.1) is 0 Å². The first-order chi connectivity index (χ1) is 9.02. The standard InChI is InChI=1S/C6H4ClNO2.C6H5NO2/c7-5-4(6(9)10)2-1-3-8-5;8-6(9)5-2-1-3-7-4-5/h1-3H,(H,9,10);1-4H,(H,8,9). The highest BCUT2D eigenvalue weighted by molar-refractivity contribution is 6.32. The van der Waals surface area contributed by atoms with E-state index in [4.69, 9.17) is 21.8 Å². The number of hydrogen-bond donors (Lipinski definition) is 2. The van der Waals surface area contributed by atoms with Gasteiger partial charge in [0.25, 0.3) is 0 Å². The maximum atomic E-state index is 10.3. The average molecular weight is 281 g/mol. The van der Waals surface area contributed by atoms with Crippen molar-refractivity contribution in [3.63, 3.8) is 0 Å². The van der Waals surface area contributed by atoms with Crippen molar-refractivity contribution in [1.29, 1.82) is 0 Å². The van der Waals surface area contributed by atoms with Crippen LogP contribution in [0.1, 0.15) is 20.7 Å². The van der Waals surface area contributed by atoms with Crippen LogP contribution >= 0.6 is 11.6 Å². The van der Waals surface area contributed by atoms with Crippen LogP contribution in [0.4, 0.5) is 0 Å². The van der Waals surface area contributed by atoms with E-state index in [9.17, 15) is 9.59 Å². The van der Waals surface area contributed by atoms with E-state index < -0.39 is 11.9 Å². The first-order valence-electron chi connectivity index (χ1n) is 4.99. The second-order valence-electron chi connectivity index (χ2n) is 3.19. The molecule has 0 aromatic carbocycles. The highest BCUT2D eigenvalue weighted by Crippen LogP contribution is 2.10. The summed E-state index contributed by atoms with van der Waals surface area (Å²) in [5.41, 5.74) is 0.252. The molecule has 0 atom stereocenters. The molecule has 2 aromatic heterocycles. The minimum atomic E-state index is -1.06. The van der Waals surface area contributed by atoms with Crippen LogP contribution in [0, 0.1) is 0 Å². The smallest absolute Gasteiger partial charge is 0.338 e.